The Balaban J connectivity index is 1.94. The second-order valence-electron chi connectivity index (χ2n) is 9.40. The predicted molar refractivity (Wildman–Crippen MR) is 115 cm³/mol. The zero-order valence-corrected chi connectivity index (χ0v) is 18.7. The van der Waals surface area contributed by atoms with Crippen LogP contribution in [0, 0.1) is 5.92 Å². The average molecular weight is 410 g/mol. The van der Waals surface area contributed by atoms with E-state index in [1.807, 2.05) is 20.8 Å². The third kappa shape index (κ3) is 9.37. The number of likely N-dealkylation sites (N-methyl/N-ethyl adjacent to an activating group) is 1. The van der Waals surface area contributed by atoms with Gasteiger partial charge in [-0.3, -0.25) is 4.79 Å². The van der Waals surface area contributed by atoms with E-state index in [2.05, 4.69) is 20.9 Å². The Labute approximate surface area is 175 Å². The summed E-state index contributed by atoms with van der Waals surface area (Å²) in [6.45, 7) is 6.23. The molecular weight excluding hydrogens is 370 g/mol. The van der Waals surface area contributed by atoms with Crippen LogP contribution in [0.15, 0.2) is 4.99 Å². The lowest BCUT2D eigenvalue weighted by Gasteiger charge is -2.27. The van der Waals surface area contributed by atoms with Crippen LogP contribution in [0.1, 0.15) is 65.7 Å². The van der Waals surface area contributed by atoms with E-state index >= 15 is 0 Å². The van der Waals surface area contributed by atoms with E-state index in [9.17, 15) is 9.59 Å². The molecule has 0 saturated heterocycles. The van der Waals surface area contributed by atoms with Crippen molar-refractivity contribution in [2.24, 2.45) is 10.9 Å². The summed E-state index contributed by atoms with van der Waals surface area (Å²) in [5.74, 6) is 1.05. The molecule has 29 heavy (non-hydrogen) atoms. The van der Waals surface area contributed by atoms with Crippen molar-refractivity contribution in [3.63, 3.8) is 0 Å². The molecule has 2 amide bonds. The number of amides is 2. The monoisotopic (exact) mass is 409 g/mol. The molecule has 2 aliphatic rings. The molecule has 3 N–H and O–H groups in total. The fourth-order valence-electron chi connectivity index (χ4n) is 3.38. The van der Waals surface area contributed by atoms with Gasteiger partial charge in [-0.1, -0.05) is 19.3 Å². The first kappa shape index (κ1) is 23.3. The Bertz CT molecular complexity index is 575. The molecule has 2 aliphatic carbocycles. The molecule has 2 saturated carbocycles. The van der Waals surface area contributed by atoms with Gasteiger partial charge in [-0.05, 0) is 52.4 Å². The number of hydrogen-bond acceptors (Lipinski definition) is 4. The van der Waals surface area contributed by atoms with Crippen molar-refractivity contribution in [1.82, 2.24) is 20.9 Å². The van der Waals surface area contributed by atoms with Crippen LogP contribution in [0.25, 0.3) is 0 Å². The van der Waals surface area contributed by atoms with Crippen LogP contribution in [0.5, 0.6) is 0 Å². The van der Waals surface area contributed by atoms with Gasteiger partial charge in [-0.2, -0.15) is 0 Å². The molecule has 0 radical (unpaired) electrons. The van der Waals surface area contributed by atoms with Crippen molar-refractivity contribution in [3.8, 4) is 0 Å². The third-order valence-electron chi connectivity index (χ3n) is 5.20. The SMILES string of the molecule is CN(C)C(=O)CN=C(NCC(NC(=O)OC(C)(C)C)C1CC1)NC1CCCCC1. The maximum atomic E-state index is 12.2. The lowest BCUT2D eigenvalue weighted by Crippen LogP contribution is -2.51. The van der Waals surface area contributed by atoms with Gasteiger partial charge in [0.1, 0.15) is 12.1 Å². The van der Waals surface area contributed by atoms with Crippen molar-refractivity contribution in [1.29, 1.82) is 0 Å². The quantitative estimate of drug-likeness (QED) is 0.443. The topological polar surface area (TPSA) is 95.1 Å². The molecule has 0 bridgehead atoms. The first-order valence-electron chi connectivity index (χ1n) is 10.9. The molecule has 8 nitrogen and oxygen atoms in total. The molecule has 2 fully saturated rings. The predicted octanol–water partition coefficient (Wildman–Crippen LogP) is 2.25. The summed E-state index contributed by atoms with van der Waals surface area (Å²) in [6, 6.07) is 0.357. The number of guanidine groups is 1. The van der Waals surface area contributed by atoms with Crippen molar-refractivity contribution in [2.45, 2.75) is 83.4 Å². The number of nitrogens with zero attached hydrogens (tertiary/aromatic N) is 2. The fourth-order valence-corrected chi connectivity index (χ4v) is 3.38. The molecule has 0 heterocycles. The summed E-state index contributed by atoms with van der Waals surface area (Å²) in [5.41, 5.74) is -0.521. The maximum absolute atomic E-state index is 12.2. The molecular formula is C21H39N5O3. The Morgan fingerprint density at radius 1 is 1.10 bits per heavy atom. The molecule has 0 aliphatic heterocycles. The summed E-state index contributed by atoms with van der Waals surface area (Å²) in [7, 11) is 3.46. The number of carbonyl (C=O) groups is 2. The van der Waals surface area contributed by atoms with Crippen LogP contribution in [0.4, 0.5) is 4.79 Å². The number of rotatable bonds is 7. The zero-order chi connectivity index (χ0) is 21.4. The summed E-state index contributed by atoms with van der Waals surface area (Å²) in [5, 5.41) is 9.83. The van der Waals surface area contributed by atoms with Gasteiger partial charge >= 0.3 is 6.09 Å². The lowest BCUT2D eigenvalue weighted by molar-refractivity contribution is -0.127. The minimum absolute atomic E-state index is 0.0206. The number of alkyl carbamates (subject to hydrolysis) is 1. The van der Waals surface area contributed by atoms with Gasteiger partial charge in [0.05, 0.1) is 6.04 Å². The number of aliphatic imine (C=N–C) groups is 1. The number of ether oxygens (including phenoxy) is 1. The maximum Gasteiger partial charge on any atom is 0.407 e. The van der Waals surface area contributed by atoms with E-state index < -0.39 is 11.7 Å². The Morgan fingerprint density at radius 3 is 2.31 bits per heavy atom. The molecule has 166 valence electrons. The van der Waals surface area contributed by atoms with E-state index in [1.54, 1.807) is 19.0 Å². The first-order chi connectivity index (χ1) is 13.6. The van der Waals surface area contributed by atoms with Crippen LogP contribution < -0.4 is 16.0 Å². The molecule has 0 spiro atoms. The van der Waals surface area contributed by atoms with E-state index in [0.717, 1.165) is 25.7 Å². The summed E-state index contributed by atoms with van der Waals surface area (Å²) < 4.78 is 5.41. The fraction of sp³-hybridized carbons (Fsp3) is 0.857. The van der Waals surface area contributed by atoms with E-state index in [4.69, 9.17) is 4.74 Å². The molecule has 0 aromatic carbocycles. The normalized spacial score (nSPS) is 19.3. The Hall–Kier alpha value is -1.99. The third-order valence-corrected chi connectivity index (χ3v) is 5.20. The van der Waals surface area contributed by atoms with Gasteiger partial charge in [0.15, 0.2) is 5.96 Å². The van der Waals surface area contributed by atoms with Crippen LogP contribution >= 0.6 is 0 Å². The molecule has 1 unspecified atom stereocenters. The molecule has 8 heteroatoms. The highest BCUT2D eigenvalue weighted by Crippen LogP contribution is 2.32. The highest BCUT2D eigenvalue weighted by molar-refractivity contribution is 5.85. The second kappa shape index (κ2) is 10.7. The summed E-state index contributed by atoms with van der Waals surface area (Å²) >= 11 is 0. The Morgan fingerprint density at radius 2 is 1.76 bits per heavy atom. The van der Waals surface area contributed by atoms with Crippen molar-refractivity contribution in [3.05, 3.63) is 0 Å². The van der Waals surface area contributed by atoms with Gasteiger partial charge in [0.2, 0.25) is 5.91 Å². The van der Waals surface area contributed by atoms with Crippen LogP contribution in [-0.2, 0) is 9.53 Å². The molecule has 0 aromatic heterocycles. The van der Waals surface area contributed by atoms with Gasteiger partial charge in [-0.15, -0.1) is 0 Å². The standard InChI is InChI=1S/C21H39N5O3/c1-21(2,3)29-20(28)25-17(15-11-12-15)13-22-19(23-14-18(27)26(4)5)24-16-9-7-6-8-10-16/h15-17H,6-14H2,1-5H3,(H,25,28)(H2,22,23,24). The van der Waals surface area contributed by atoms with E-state index in [0.29, 0.717) is 24.5 Å². The number of nitrogens with one attached hydrogen (secondary N) is 3. The van der Waals surface area contributed by atoms with Crippen LogP contribution in [-0.4, -0.2) is 67.7 Å². The zero-order valence-electron chi connectivity index (χ0n) is 18.7. The van der Waals surface area contributed by atoms with Gasteiger partial charge in [0.25, 0.3) is 0 Å². The minimum Gasteiger partial charge on any atom is -0.444 e. The van der Waals surface area contributed by atoms with E-state index in [1.165, 1.54) is 19.3 Å². The Kier molecular flexibility index (Phi) is 8.59. The lowest BCUT2D eigenvalue weighted by atomic mass is 9.96. The molecule has 2 rings (SSSR count). The highest BCUT2D eigenvalue weighted by Gasteiger charge is 2.33. The molecule has 1 atom stereocenters. The second-order valence-corrected chi connectivity index (χ2v) is 9.40. The smallest absolute Gasteiger partial charge is 0.407 e. The van der Waals surface area contributed by atoms with Gasteiger partial charge in [-0.25, -0.2) is 9.79 Å². The van der Waals surface area contributed by atoms with Gasteiger partial charge < -0.3 is 25.6 Å². The minimum atomic E-state index is -0.521. The summed E-state index contributed by atoms with van der Waals surface area (Å²) in [6.07, 6.45) is 7.75. The van der Waals surface area contributed by atoms with Crippen LogP contribution in [0.3, 0.4) is 0 Å². The largest absolute Gasteiger partial charge is 0.444 e. The van der Waals surface area contributed by atoms with Crippen molar-refractivity contribution < 1.29 is 14.3 Å². The highest BCUT2D eigenvalue weighted by atomic mass is 16.6. The number of hydrogen-bond donors (Lipinski definition) is 3. The van der Waals surface area contributed by atoms with Crippen molar-refractivity contribution in [2.75, 3.05) is 27.2 Å². The van der Waals surface area contributed by atoms with Gasteiger partial charge in [0, 0.05) is 26.7 Å². The average Bonchev–Trinajstić information content (AvgIpc) is 3.46. The van der Waals surface area contributed by atoms with Crippen LogP contribution in [0.2, 0.25) is 0 Å². The number of carbonyl (C=O) groups excluding carboxylic acids is 2. The van der Waals surface area contributed by atoms with Crippen molar-refractivity contribution >= 4 is 18.0 Å². The molecule has 0 aromatic rings. The summed E-state index contributed by atoms with van der Waals surface area (Å²) in [4.78, 5) is 30.2. The first-order valence-corrected chi connectivity index (χ1v) is 10.9. The van der Waals surface area contributed by atoms with E-state index in [-0.39, 0.29) is 18.5 Å².